The highest BCUT2D eigenvalue weighted by atomic mass is 32.2. The van der Waals surface area contributed by atoms with Gasteiger partial charge in [0.25, 0.3) is 0 Å². The van der Waals surface area contributed by atoms with E-state index in [-0.39, 0.29) is 5.97 Å². The van der Waals surface area contributed by atoms with E-state index in [4.69, 9.17) is 4.74 Å². The Labute approximate surface area is 100 Å². The fourth-order valence-corrected chi connectivity index (χ4v) is 1.67. The van der Waals surface area contributed by atoms with Gasteiger partial charge in [0.1, 0.15) is 0 Å². The number of benzene rings is 1. The standard InChI is InChI=1S/C13H14O2S/c1-3-15-13(14)11(2)9-10-16-12-7-5-4-6-8-12/h4-8,10H,3H2,1-2H3. The van der Waals surface area contributed by atoms with Crippen LogP contribution in [0.2, 0.25) is 0 Å². The predicted octanol–water partition coefficient (Wildman–Crippen LogP) is 3.40. The molecule has 0 saturated heterocycles. The smallest absolute Gasteiger partial charge is 0.341 e. The Hall–Kier alpha value is -1.44. The Balaban J connectivity index is 2.59. The van der Waals surface area contributed by atoms with Crippen LogP contribution in [0.3, 0.4) is 0 Å². The second-order valence-electron chi connectivity index (χ2n) is 3.04. The average molecular weight is 234 g/mol. The molecule has 0 heterocycles. The molecule has 0 radical (unpaired) electrons. The first-order valence-corrected chi connectivity index (χ1v) is 5.92. The lowest BCUT2D eigenvalue weighted by Crippen LogP contribution is -2.03. The van der Waals surface area contributed by atoms with E-state index >= 15 is 0 Å². The number of thioether (sulfide) groups is 1. The Bertz CT molecular complexity index is 403. The van der Waals surface area contributed by atoms with Crippen molar-refractivity contribution in [1.29, 1.82) is 0 Å². The van der Waals surface area contributed by atoms with Crippen LogP contribution in [-0.4, -0.2) is 12.6 Å². The van der Waals surface area contributed by atoms with Gasteiger partial charge in [-0.05, 0) is 26.0 Å². The maximum Gasteiger partial charge on any atom is 0.341 e. The van der Waals surface area contributed by atoms with Crippen molar-refractivity contribution >= 4 is 17.7 Å². The highest BCUT2D eigenvalue weighted by Crippen LogP contribution is 2.17. The Morgan fingerprint density at radius 1 is 1.44 bits per heavy atom. The SMILES string of the molecule is CCOC(=O)C(C)=C=CSc1ccccc1. The van der Waals surface area contributed by atoms with Crippen LogP contribution < -0.4 is 0 Å². The minimum absolute atomic E-state index is 0.313. The van der Waals surface area contributed by atoms with E-state index < -0.39 is 0 Å². The molecule has 0 aliphatic rings. The highest BCUT2D eigenvalue weighted by Gasteiger charge is 2.01. The molecule has 16 heavy (non-hydrogen) atoms. The van der Waals surface area contributed by atoms with Crippen molar-refractivity contribution in [3.05, 3.63) is 47.0 Å². The lowest BCUT2D eigenvalue weighted by molar-refractivity contribution is -0.138. The predicted molar refractivity (Wildman–Crippen MR) is 66.2 cm³/mol. The van der Waals surface area contributed by atoms with Gasteiger partial charge in [0.15, 0.2) is 0 Å². The van der Waals surface area contributed by atoms with Crippen molar-refractivity contribution < 1.29 is 9.53 Å². The van der Waals surface area contributed by atoms with E-state index in [1.54, 1.807) is 19.3 Å². The van der Waals surface area contributed by atoms with Gasteiger partial charge in [-0.1, -0.05) is 30.0 Å². The van der Waals surface area contributed by atoms with E-state index in [2.05, 4.69) is 5.73 Å². The fraction of sp³-hybridized carbons (Fsp3) is 0.231. The third-order valence-electron chi connectivity index (χ3n) is 1.80. The van der Waals surface area contributed by atoms with Crippen LogP contribution in [0.4, 0.5) is 0 Å². The quantitative estimate of drug-likeness (QED) is 0.346. The van der Waals surface area contributed by atoms with Crippen LogP contribution in [-0.2, 0) is 9.53 Å². The molecule has 0 aliphatic carbocycles. The van der Waals surface area contributed by atoms with Gasteiger partial charge in [-0.3, -0.25) is 0 Å². The summed E-state index contributed by atoms with van der Waals surface area (Å²) in [6.07, 6.45) is 0. The summed E-state index contributed by atoms with van der Waals surface area (Å²) in [5.74, 6) is -0.313. The molecule has 3 heteroatoms. The first kappa shape index (κ1) is 12.6. The van der Waals surface area contributed by atoms with Crippen LogP contribution in [0.5, 0.6) is 0 Å². The van der Waals surface area contributed by atoms with Crippen LogP contribution in [0, 0.1) is 0 Å². The minimum atomic E-state index is -0.313. The molecule has 84 valence electrons. The van der Waals surface area contributed by atoms with Gasteiger partial charge in [0.2, 0.25) is 0 Å². The first-order chi connectivity index (χ1) is 7.74. The molecule has 0 spiro atoms. The Morgan fingerprint density at radius 3 is 2.75 bits per heavy atom. The van der Waals surface area contributed by atoms with Crippen LogP contribution in [0.25, 0.3) is 0 Å². The fourth-order valence-electron chi connectivity index (χ4n) is 0.983. The molecule has 0 bridgehead atoms. The van der Waals surface area contributed by atoms with Gasteiger partial charge >= 0.3 is 5.97 Å². The highest BCUT2D eigenvalue weighted by molar-refractivity contribution is 8.02. The first-order valence-electron chi connectivity index (χ1n) is 5.04. The van der Waals surface area contributed by atoms with Crippen molar-refractivity contribution in [2.24, 2.45) is 0 Å². The largest absolute Gasteiger partial charge is 0.462 e. The number of carbonyl (C=O) groups is 1. The summed E-state index contributed by atoms with van der Waals surface area (Å²) in [6, 6.07) is 9.91. The molecule has 2 nitrogen and oxygen atoms in total. The molecule has 1 aromatic rings. The summed E-state index contributed by atoms with van der Waals surface area (Å²) in [5.41, 5.74) is 3.39. The summed E-state index contributed by atoms with van der Waals surface area (Å²) >= 11 is 1.52. The molecule has 0 fully saturated rings. The molecule has 0 saturated carbocycles. The molecule has 0 N–H and O–H groups in total. The molecule has 0 atom stereocenters. The number of hydrogen-bond donors (Lipinski definition) is 0. The number of hydrogen-bond acceptors (Lipinski definition) is 3. The van der Waals surface area contributed by atoms with Gasteiger partial charge in [0, 0.05) is 10.3 Å². The Morgan fingerprint density at radius 2 is 2.12 bits per heavy atom. The van der Waals surface area contributed by atoms with E-state index in [1.807, 2.05) is 30.3 Å². The summed E-state index contributed by atoms with van der Waals surface area (Å²) in [6.45, 7) is 3.87. The topological polar surface area (TPSA) is 26.3 Å². The van der Waals surface area contributed by atoms with Crippen molar-refractivity contribution in [2.75, 3.05) is 6.61 Å². The molecular formula is C13H14O2S. The second-order valence-corrected chi connectivity index (χ2v) is 3.98. The zero-order valence-electron chi connectivity index (χ0n) is 9.40. The van der Waals surface area contributed by atoms with E-state index in [0.717, 1.165) is 4.90 Å². The Kier molecular flexibility index (Phi) is 5.48. The molecule has 0 aliphatic heterocycles. The lowest BCUT2D eigenvalue weighted by atomic mass is 10.3. The number of esters is 1. The summed E-state index contributed by atoms with van der Waals surface area (Å²) in [7, 11) is 0. The molecule has 0 unspecified atom stereocenters. The van der Waals surface area contributed by atoms with Crippen molar-refractivity contribution in [1.82, 2.24) is 0 Å². The molecule has 1 aromatic carbocycles. The van der Waals surface area contributed by atoms with Gasteiger partial charge < -0.3 is 4.74 Å². The molecular weight excluding hydrogens is 220 g/mol. The molecule has 0 aromatic heterocycles. The minimum Gasteiger partial charge on any atom is -0.462 e. The molecule has 0 amide bonds. The third-order valence-corrected chi connectivity index (χ3v) is 2.58. The van der Waals surface area contributed by atoms with Crippen LogP contribution in [0.15, 0.2) is 51.9 Å². The van der Waals surface area contributed by atoms with E-state index in [0.29, 0.717) is 12.2 Å². The van der Waals surface area contributed by atoms with E-state index in [9.17, 15) is 4.79 Å². The van der Waals surface area contributed by atoms with Gasteiger partial charge in [-0.2, -0.15) is 0 Å². The summed E-state index contributed by atoms with van der Waals surface area (Å²) < 4.78 is 4.84. The normalized spacial score (nSPS) is 9.12. The van der Waals surface area contributed by atoms with Gasteiger partial charge in [-0.15, -0.1) is 5.73 Å². The summed E-state index contributed by atoms with van der Waals surface area (Å²) in [5, 5.41) is 1.77. The third kappa shape index (κ3) is 4.39. The molecule has 1 rings (SSSR count). The van der Waals surface area contributed by atoms with Crippen LogP contribution >= 0.6 is 11.8 Å². The maximum absolute atomic E-state index is 11.2. The van der Waals surface area contributed by atoms with Crippen molar-refractivity contribution in [3.8, 4) is 0 Å². The van der Waals surface area contributed by atoms with Crippen molar-refractivity contribution in [2.45, 2.75) is 18.7 Å². The van der Waals surface area contributed by atoms with Crippen molar-refractivity contribution in [3.63, 3.8) is 0 Å². The van der Waals surface area contributed by atoms with Crippen LogP contribution in [0.1, 0.15) is 13.8 Å². The number of ether oxygens (including phenoxy) is 1. The second kappa shape index (κ2) is 6.94. The average Bonchev–Trinajstić information content (AvgIpc) is 2.30. The number of carbonyl (C=O) groups excluding carboxylic acids is 1. The lowest BCUT2D eigenvalue weighted by Gasteiger charge is -1.97. The summed E-state index contributed by atoms with van der Waals surface area (Å²) in [4.78, 5) is 12.4. The van der Waals surface area contributed by atoms with E-state index in [1.165, 1.54) is 11.8 Å². The zero-order chi connectivity index (χ0) is 11.8. The number of rotatable bonds is 4. The maximum atomic E-state index is 11.2. The monoisotopic (exact) mass is 234 g/mol. The zero-order valence-corrected chi connectivity index (χ0v) is 10.2. The van der Waals surface area contributed by atoms with Gasteiger partial charge in [-0.25, -0.2) is 4.79 Å². The van der Waals surface area contributed by atoms with Gasteiger partial charge in [0.05, 0.1) is 12.2 Å².